The van der Waals surface area contributed by atoms with E-state index in [-0.39, 0.29) is 17.9 Å². The second-order valence-electron chi connectivity index (χ2n) is 6.90. The third-order valence-electron chi connectivity index (χ3n) is 5.14. The number of aromatic nitrogens is 2. The van der Waals surface area contributed by atoms with Gasteiger partial charge in [-0.1, -0.05) is 6.07 Å². The van der Waals surface area contributed by atoms with E-state index < -0.39 is 0 Å². The topological polar surface area (TPSA) is 67.3 Å². The minimum Gasteiger partial charge on any atom is -0.376 e. The molecule has 2 saturated heterocycles. The molecule has 2 fully saturated rings. The molecule has 6 nitrogen and oxygen atoms in total. The minimum absolute atomic E-state index is 0.0889. The van der Waals surface area contributed by atoms with E-state index in [9.17, 15) is 4.79 Å². The fraction of sp³-hybridized carbons (Fsp3) is 0.526. The van der Waals surface area contributed by atoms with Crippen molar-refractivity contribution in [2.75, 3.05) is 31.1 Å². The summed E-state index contributed by atoms with van der Waals surface area (Å²) in [5, 5.41) is 13.8. The van der Waals surface area contributed by atoms with Gasteiger partial charge in [-0.3, -0.25) is 4.79 Å². The molecular formula is C19H24N4O2S. The number of nitrogens with one attached hydrogen (secondary N) is 1. The van der Waals surface area contributed by atoms with Crippen molar-refractivity contribution in [3.8, 4) is 10.6 Å². The first-order chi connectivity index (χ1) is 12.8. The van der Waals surface area contributed by atoms with Gasteiger partial charge in [-0.15, -0.1) is 21.5 Å². The zero-order valence-electron chi connectivity index (χ0n) is 14.8. The second kappa shape index (κ2) is 8.14. The number of amides is 1. The van der Waals surface area contributed by atoms with Crippen molar-refractivity contribution in [2.24, 2.45) is 5.92 Å². The van der Waals surface area contributed by atoms with Crippen molar-refractivity contribution >= 4 is 23.1 Å². The van der Waals surface area contributed by atoms with E-state index in [4.69, 9.17) is 4.74 Å². The molecule has 2 aliphatic rings. The number of anilines is 1. The van der Waals surface area contributed by atoms with Gasteiger partial charge in [0, 0.05) is 32.2 Å². The van der Waals surface area contributed by atoms with Gasteiger partial charge in [0.15, 0.2) is 5.82 Å². The van der Waals surface area contributed by atoms with E-state index in [0.29, 0.717) is 6.54 Å². The Morgan fingerprint density at radius 2 is 2.12 bits per heavy atom. The number of ether oxygens (including phenoxy) is 1. The Kier molecular flexibility index (Phi) is 5.45. The quantitative estimate of drug-likeness (QED) is 0.874. The highest BCUT2D eigenvalue weighted by atomic mass is 32.1. The number of piperidine rings is 1. The maximum Gasteiger partial charge on any atom is 0.223 e. The average molecular weight is 372 g/mol. The van der Waals surface area contributed by atoms with E-state index in [1.165, 1.54) is 0 Å². The van der Waals surface area contributed by atoms with Gasteiger partial charge in [0.05, 0.1) is 11.0 Å². The first-order valence-corrected chi connectivity index (χ1v) is 10.2. The van der Waals surface area contributed by atoms with E-state index >= 15 is 0 Å². The molecule has 0 aromatic carbocycles. The van der Waals surface area contributed by atoms with Crippen molar-refractivity contribution < 1.29 is 9.53 Å². The SMILES string of the molecule is O=C(NC[C@H]1CCCO1)C1CCN(c2ccc(-c3cccs3)nn2)CC1. The largest absolute Gasteiger partial charge is 0.376 e. The highest BCUT2D eigenvalue weighted by Crippen LogP contribution is 2.25. The van der Waals surface area contributed by atoms with Crippen LogP contribution in [0.25, 0.3) is 10.6 Å². The molecule has 1 amide bonds. The molecule has 2 aromatic rings. The third kappa shape index (κ3) is 4.04. The molecule has 1 N–H and O–H groups in total. The van der Waals surface area contributed by atoms with Crippen LogP contribution in [0.15, 0.2) is 29.6 Å². The van der Waals surface area contributed by atoms with Gasteiger partial charge in [0.2, 0.25) is 5.91 Å². The number of nitrogens with zero attached hydrogens (tertiary/aromatic N) is 3. The molecule has 0 unspecified atom stereocenters. The summed E-state index contributed by atoms with van der Waals surface area (Å²) in [4.78, 5) is 15.7. The molecule has 0 aliphatic carbocycles. The third-order valence-corrected chi connectivity index (χ3v) is 6.03. The number of thiophene rings is 1. The lowest BCUT2D eigenvalue weighted by Gasteiger charge is -2.32. The second-order valence-corrected chi connectivity index (χ2v) is 7.84. The Morgan fingerprint density at radius 1 is 1.23 bits per heavy atom. The molecular weight excluding hydrogens is 348 g/mol. The molecule has 0 saturated carbocycles. The number of carbonyl (C=O) groups excluding carboxylic acids is 1. The van der Waals surface area contributed by atoms with Crippen molar-refractivity contribution in [3.05, 3.63) is 29.6 Å². The van der Waals surface area contributed by atoms with E-state index in [1.807, 2.05) is 23.6 Å². The molecule has 26 heavy (non-hydrogen) atoms. The molecule has 0 radical (unpaired) electrons. The van der Waals surface area contributed by atoms with E-state index in [2.05, 4.69) is 26.5 Å². The summed E-state index contributed by atoms with van der Waals surface area (Å²) in [6, 6.07) is 8.12. The van der Waals surface area contributed by atoms with Crippen LogP contribution in [0.3, 0.4) is 0 Å². The van der Waals surface area contributed by atoms with Crippen molar-refractivity contribution in [1.29, 1.82) is 0 Å². The van der Waals surface area contributed by atoms with Crippen molar-refractivity contribution in [3.63, 3.8) is 0 Å². The standard InChI is InChI=1S/C19H24N4O2S/c24-19(20-13-15-3-1-11-25-15)14-7-9-23(10-8-14)18-6-5-16(21-22-18)17-4-2-12-26-17/h2,4-6,12,14-15H,1,3,7-11,13H2,(H,20,24)/t15-/m1/s1. The van der Waals surface area contributed by atoms with Crippen LogP contribution in [0.4, 0.5) is 5.82 Å². The van der Waals surface area contributed by atoms with Crippen LogP contribution < -0.4 is 10.2 Å². The fourth-order valence-corrected chi connectivity index (χ4v) is 4.27. The molecule has 4 heterocycles. The van der Waals surface area contributed by atoms with Gasteiger partial charge < -0.3 is 15.0 Å². The molecule has 0 spiro atoms. The first kappa shape index (κ1) is 17.4. The average Bonchev–Trinajstić information content (AvgIpc) is 3.40. The monoisotopic (exact) mass is 372 g/mol. The van der Waals surface area contributed by atoms with Crippen LogP contribution in [-0.4, -0.2) is 48.4 Å². The highest BCUT2D eigenvalue weighted by Gasteiger charge is 2.26. The lowest BCUT2D eigenvalue weighted by atomic mass is 9.96. The number of hydrogen-bond donors (Lipinski definition) is 1. The predicted molar refractivity (Wildman–Crippen MR) is 102 cm³/mol. The molecule has 7 heteroatoms. The zero-order valence-corrected chi connectivity index (χ0v) is 15.6. The number of rotatable bonds is 5. The summed E-state index contributed by atoms with van der Waals surface area (Å²) in [6.45, 7) is 3.15. The van der Waals surface area contributed by atoms with Crippen LogP contribution in [0.5, 0.6) is 0 Å². The summed E-state index contributed by atoms with van der Waals surface area (Å²) in [5.74, 6) is 1.15. The van der Waals surface area contributed by atoms with E-state index in [0.717, 1.165) is 61.8 Å². The molecule has 2 aliphatic heterocycles. The number of hydrogen-bond acceptors (Lipinski definition) is 6. The van der Waals surface area contributed by atoms with Gasteiger partial charge in [0.25, 0.3) is 0 Å². The Morgan fingerprint density at radius 3 is 2.77 bits per heavy atom. The Hall–Kier alpha value is -1.99. The molecule has 4 rings (SSSR count). The summed E-state index contributed by atoms with van der Waals surface area (Å²) >= 11 is 1.67. The summed E-state index contributed by atoms with van der Waals surface area (Å²) < 4.78 is 5.56. The molecule has 0 bridgehead atoms. The lowest BCUT2D eigenvalue weighted by molar-refractivity contribution is -0.126. The lowest BCUT2D eigenvalue weighted by Crippen LogP contribution is -2.42. The Labute approximate surface area is 157 Å². The summed E-state index contributed by atoms with van der Waals surface area (Å²) in [7, 11) is 0. The maximum absolute atomic E-state index is 12.4. The van der Waals surface area contributed by atoms with Gasteiger partial charge in [-0.2, -0.15) is 0 Å². The highest BCUT2D eigenvalue weighted by molar-refractivity contribution is 7.13. The molecule has 1 atom stereocenters. The minimum atomic E-state index is 0.0889. The van der Waals surface area contributed by atoms with Gasteiger partial charge in [-0.05, 0) is 49.3 Å². The van der Waals surface area contributed by atoms with Crippen LogP contribution in [0, 0.1) is 5.92 Å². The Balaban J connectivity index is 1.27. The smallest absolute Gasteiger partial charge is 0.223 e. The normalized spacial score (nSPS) is 21.1. The number of carbonyl (C=O) groups is 1. The van der Waals surface area contributed by atoms with Gasteiger partial charge in [0.1, 0.15) is 5.69 Å². The van der Waals surface area contributed by atoms with Crippen LogP contribution >= 0.6 is 11.3 Å². The van der Waals surface area contributed by atoms with Gasteiger partial charge >= 0.3 is 0 Å². The molecule has 2 aromatic heterocycles. The fourth-order valence-electron chi connectivity index (χ4n) is 3.58. The van der Waals surface area contributed by atoms with Crippen molar-refractivity contribution in [2.45, 2.75) is 31.8 Å². The molecule has 138 valence electrons. The van der Waals surface area contributed by atoms with E-state index in [1.54, 1.807) is 11.3 Å². The predicted octanol–water partition coefficient (Wildman–Crippen LogP) is 2.72. The van der Waals surface area contributed by atoms with Gasteiger partial charge in [-0.25, -0.2) is 0 Å². The zero-order chi connectivity index (χ0) is 17.8. The van der Waals surface area contributed by atoms with Crippen molar-refractivity contribution in [1.82, 2.24) is 15.5 Å². The van der Waals surface area contributed by atoms with Crippen LogP contribution in [0.2, 0.25) is 0 Å². The Bertz CT molecular complexity index is 706. The summed E-state index contributed by atoms with van der Waals surface area (Å²) in [6.07, 6.45) is 4.07. The van der Waals surface area contributed by atoms with Crippen LogP contribution in [-0.2, 0) is 9.53 Å². The summed E-state index contributed by atoms with van der Waals surface area (Å²) in [5.41, 5.74) is 0.909. The van der Waals surface area contributed by atoms with Crippen LogP contribution in [0.1, 0.15) is 25.7 Å². The maximum atomic E-state index is 12.4. The first-order valence-electron chi connectivity index (χ1n) is 9.31.